The van der Waals surface area contributed by atoms with Gasteiger partial charge in [-0.15, -0.1) is 0 Å². The second-order valence-corrected chi connectivity index (χ2v) is 4.91. The smallest absolute Gasteiger partial charge is 0.291 e. The highest BCUT2D eigenvalue weighted by molar-refractivity contribution is 6.33. The van der Waals surface area contributed by atoms with Gasteiger partial charge in [0.2, 0.25) is 0 Å². The number of hydrogen-bond donors (Lipinski definition) is 1. The maximum atomic E-state index is 12.1. The summed E-state index contributed by atoms with van der Waals surface area (Å²) in [7, 11) is 1.78. The number of amides is 1. The molecule has 1 aromatic carbocycles. The fourth-order valence-electron chi connectivity index (χ4n) is 1.94. The van der Waals surface area contributed by atoms with Crippen LogP contribution in [0.15, 0.2) is 53.2 Å². The van der Waals surface area contributed by atoms with Gasteiger partial charge < -0.3 is 9.73 Å². The molecule has 0 radical (unpaired) electrons. The molecule has 0 aliphatic heterocycles. The Morgan fingerprint density at radius 1 is 1.29 bits per heavy atom. The van der Waals surface area contributed by atoms with Crippen LogP contribution in [0.3, 0.4) is 0 Å². The van der Waals surface area contributed by atoms with Crippen LogP contribution in [0.2, 0.25) is 5.02 Å². The summed E-state index contributed by atoms with van der Waals surface area (Å²) >= 11 is 6.11. The lowest BCUT2D eigenvalue weighted by Crippen LogP contribution is -2.10. The van der Waals surface area contributed by atoms with E-state index in [9.17, 15) is 4.79 Å². The number of nitrogens with one attached hydrogen (secondary N) is 1. The molecule has 0 unspecified atom stereocenters. The number of aromatic nitrogens is 2. The van der Waals surface area contributed by atoms with Crippen LogP contribution in [0.5, 0.6) is 0 Å². The lowest BCUT2D eigenvalue weighted by atomic mass is 10.2. The molecule has 6 heteroatoms. The van der Waals surface area contributed by atoms with Gasteiger partial charge in [-0.2, -0.15) is 5.10 Å². The van der Waals surface area contributed by atoms with E-state index < -0.39 is 0 Å². The van der Waals surface area contributed by atoms with Crippen LogP contribution in [-0.4, -0.2) is 15.7 Å². The Balaban J connectivity index is 1.82. The summed E-state index contributed by atoms with van der Waals surface area (Å²) < 4.78 is 7.17. The zero-order chi connectivity index (χ0) is 14.8. The lowest BCUT2D eigenvalue weighted by molar-refractivity contribution is 0.0997. The number of halogens is 1. The quantitative estimate of drug-likeness (QED) is 0.804. The molecule has 0 saturated heterocycles. The zero-order valence-electron chi connectivity index (χ0n) is 11.2. The summed E-state index contributed by atoms with van der Waals surface area (Å²) in [6.07, 6.45) is 3.27. The Hall–Kier alpha value is -2.53. The van der Waals surface area contributed by atoms with Crippen molar-refractivity contribution in [2.24, 2.45) is 7.05 Å². The molecule has 21 heavy (non-hydrogen) atoms. The van der Waals surface area contributed by atoms with E-state index in [1.807, 2.05) is 18.2 Å². The Bertz CT molecular complexity index is 792. The summed E-state index contributed by atoms with van der Waals surface area (Å²) in [5, 5.41) is 7.27. The average molecular weight is 302 g/mol. The van der Waals surface area contributed by atoms with Crippen molar-refractivity contribution in [1.82, 2.24) is 9.78 Å². The van der Waals surface area contributed by atoms with E-state index in [0.717, 1.165) is 5.56 Å². The number of carbonyl (C=O) groups is 1. The van der Waals surface area contributed by atoms with Gasteiger partial charge in [0.25, 0.3) is 5.91 Å². The van der Waals surface area contributed by atoms with Gasteiger partial charge in [-0.3, -0.25) is 9.48 Å². The molecule has 3 rings (SSSR count). The van der Waals surface area contributed by atoms with Gasteiger partial charge in [0.05, 0.1) is 16.9 Å². The van der Waals surface area contributed by atoms with Crippen molar-refractivity contribution in [3.05, 3.63) is 59.6 Å². The third kappa shape index (κ3) is 2.83. The molecule has 5 nitrogen and oxygen atoms in total. The fourth-order valence-corrected chi connectivity index (χ4v) is 2.17. The molecule has 0 bridgehead atoms. The summed E-state index contributed by atoms with van der Waals surface area (Å²) in [5.74, 6) is 0.437. The molecule has 0 fully saturated rings. The average Bonchev–Trinajstić information content (AvgIpc) is 3.09. The van der Waals surface area contributed by atoms with Gasteiger partial charge in [0.1, 0.15) is 5.76 Å². The largest absolute Gasteiger partial charge is 0.451 e. The molecule has 0 saturated carbocycles. The molecule has 0 aliphatic carbocycles. The number of carbonyl (C=O) groups excluding carboxylic acids is 1. The maximum absolute atomic E-state index is 12.1. The molecule has 2 aromatic heterocycles. The lowest BCUT2D eigenvalue weighted by Gasteiger charge is -2.01. The third-order valence-corrected chi connectivity index (χ3v) is 3.26. The number of aryl methyl sites for hydroxylation is 1. The summed E-state index contributed by atoms with van der Waals surface area (Å²) in [6, 6.07) is 10.6. The first kappa shape index (κ1) is 13.5. The first-order valence-corrected chi connectivity index (χ1v) is 6.66. The normalized spacial score (nSPS) is 10.6. The van der Waals surface area contributed by atoms with Crippen molar-refractivity contribution in [2.75, 3.05) is 5.32 Å². The van der Waals surface area contributed by atoms with E-state index in [4.69, 9.17) is 16.0 Å². The maximum Gasteiger partial charge on any atom is 0.291 e. The second kappa shape index (κ2) is 5.46. The third-order valence-electron chi connectivity index (χ3n) is 2.93. The van der Waals surface area contributed by atoms with Gasteiger partial charge in [0, 0.05) is 18.8 Å². The fraction of sp³-hybridized carbons (Fsp3) is 0.0667. The summed E-state index contributed by atoms with van der Waals surface area (Å²) in [5.41, 5.74) is 1.36. The molecule has 0 atom stereocenters. The number of nitrogens with zero attached hydrogens (tertiary/aromatic N) is 2. The number of furan rings is 1. The van der Waals surface area contributed by atoms with E-state index in [-0.39, 0.29) is 11.7 Å². The standard InChI is InChI=1S/C15H12ClN3O2/c1-19-9-10(8-17-19)18-15(20)14-7-6-13(21-14)11-4-2-3-5-12(11)16/h2-9H,1H3,(H,18,20). The van der Waals surface area contributed by atoms with E-state index >= 15 is 0 Å². The minimum atomic E-state index is -0.332. The minimum absolute atomic E-state index is 0.216. The van der Waals surface area contributed by atoms with Gasteiger partial charge in [-0.25, -0.2) is 0 Å². The first-order valence-electron chi connectivity index (χ1n) is 6.28. The van der Waals surface area contributed by atoms with Crippen LogP contribution >= 0.6 is 11.6 Å². The van der Waals surface area contributed by atoms with Crippen LogP contribution in [0.1, 0.15) is 10.6 Å². The molecule has 3 aromatic rings. The van der Waals surface area contributed by atoms with E-state index in [1.54, 1.807) is 42.3 Å². The minimum Gasteiger partial charge on any atom is -0.451 e. The molecular weight excluding hydrogens is 290 g/mol. The summed E-state index contributed by atoms with van der Waals surface area (Å²) in [4.78, 5) is 12.1. The van der Waals surface area contributed by atoms with E-state index in [1.165, 1.54) is 0 Å². The number of hydrogen-bond acceptors (Lipinski definition) is 3. The predicted molar refractivity (Wildman–Crippen MR) is 80.3 cm³/mol. The Morgan fingerprint density at radius 3 is 2.81 bits per heavy atom. The van der Waals surface area contributed by atoms with Crippen molar-refractivity contribution in [2.45, 2.75) is 0 Å². The van der Waals surface area contributed by atoms with Gasteiger partial charge in [-0.05, 0) is 24.3 Å². The van der Waals surface area contributed by atoms with Crippen LogP contribution in [-0.2, 0) is 7.05 Å². The topological polar surface area (TPSA) is 60.1 Å². The summed E-state index contributed by atoms with van der Waals surface area (Å²) in [6.45, 7) is 0. The molecule has 0 aliphatic rings. The van der Waals surface area contributed by atoms with Gasteiger partial charge in [0.15, 0.2) is 5.76 Å². The Morgan fingerprint density at radius 2 is 2.10 bits per heavy atom. The van der Waals surface area contributed by atoms with Gasteiger partial charge >= 0.3 is 0 Å². The predicted octanol–water partition coefficient (Wildman–Crippen LogP) is 3.59. The van der Waals surface area contributed by atoms with Crippen LogP contribution in [0.25, 0.3) is 11.3 Å². The van der Waals surface area contributed by atoms with Crippen LogP contribution < -0.4 is 5.32 Å². The van der Waals surface area contributed by atoms with Gasteiger partial charge in [-0.1, -0.05) is 23.7 Å². The van der Waals surface area contributed by atoms with Crippen molar-refractivity contribution < 1.29 is 9.21 Å². The second-order valence-electron chi connectivity index (χ2n) is 4.50. The molecule has 106 valence electrons. The highest BCUT2D eigenvalue weighted by Crippen LogP contribution is 2.29. The molecule has 1 N–H and O–H groups in total. The monoisotopic (exact) mass is 301 g/mol. The SMILES string of the molecule is Cn1cc(NC(=O)c2ccc(-c3ccccc3Cl)o2)cn1. The number of benzene rings is 1. The van der Waals surface area contributed by atoms with Crippen molar-refractivity contribution in [1.29, 1.82) is 0 Å². The highest BCUT2D eigenvalue weighted by atomic mass is 35.5. The van der Waals surface area contributed by atoms with Crippen molar-refractivity contribution in [3.8, 4) is 11.3 Å². The van der Waals surface area contributed by atoms with Crippen molar-refractivity contribution in [3.63, 3.8) is 0 Å². The zero-order valence-corrected chi connectivity index (χ0v) is 12.0. The Labute approximate surface area is 126 Å². The van der Waals surface area contributed by atoms with E-state index in [0.29, 0.717) is 16.5 Å². The highest BCUT2D eigenvalue weighted by Gasteiger charge is 2.14. The molecule has 2 heterocycles. The Kier molecular flexibility index (Phi) is 3.50. The van der Waals surface area contributed by atoms with Crippen LogP contribution in [0, 0.1) is 0 Å². The molecule has 0 spiro atoms. The molecule has 1 amide bonds. The first-order chi connectivity index (χ1) is 10.1. The number of anilines is 1. The van der Waals surface area contributed by atoms with E-state index in [2.05, 4.69) is 10.4 Å². The molecular formula is C15H12ClN3O2. The number of rotatable bonds is 3. The van der Waals surface area contributed by atoms with Crippen molar-refractivity contribution >= 4 is 23.2 Å². The van der Waals surface area contributed by atoms with Crippen LogP contribution in [0.4, 0.5) is 5.69 Å².